The van der Waals surface area contributed by atoms with Crippen molar-refractivity contribution in [1.82, 2.24) is 0 Å². The number of ether oxygens (including phenoxy) is 1. The molecule has 22 heavy (non-hydrogen) atoms. The van der Waals surface area contributed by atoms with E-state index in [0.717, 1.165) is 16.5 Å². The lowest BCUT2D eigenvalue weighted by molar-refractivity contribution is -0.221. The van der Waals surface area contributed by atoms with Gasteiger partial charge < -0.3 is 30.5 Å². The third-order valence-corrected chi connectivity index (χ3v) is 3.98. The highest BCUT2D eigenvalue weighted by Gasteiger charge is 2.43. The number of nitrogens with one attached hydrogen (secondary N) is 1. The van der Waals surface area contributed by atoms with Crippen molar-refractivity contribution in [2.45, 2.75) is 30.6 Å². The minimum absolute atomic E-state index is 0.446. The van der Waals surface area contributed by atoms with E-state index < -0.39 is 37.3 Å². The molecule has 6 nitrogen and oxygen atoms in total. The second-order valence-corrected chi connectivity index (χ2v) is 5.42. The van der Waals surface area contributed by atoms with Crippen molar-refractivity contribution in [3.05, 3.63) is 42.5 Å². The molecule has 2 aromatic carbocycles. The fraction of sp³-hybridized carbons (Fsp3) is 0.375. The van der Waals surface area contributed by atoms with Crippen LogP contribution in [0.25, 0.3) is 10.8 Å². The summed E-state index contributed by atoms with van der Waals surface area (Å²) in [5.41, 5.74) is 0.738. The van der Waals surface area contributed by atoms with E-state index in [1.165, 1.54) is 0 Å². The van der Waals surface area contributed by atoms with Gasteiger partial charge in [-0.25, -0.2) is 0 Å². The van der Waals surface area contributed by atoms with E-state index >= 15 is 0 Å². The molecule has 2 aromatic rings. The van der Waals surface area contributed by atoms with Crippen molar-refractivity contribution >= 4 is 16.5 Å². The van der Waals surface area contributed by atoms with E-state index in [0.29, 0.717) is 0 Å². The Hall–Kier alpha value is -1.70. The van der Waals surface area contributed by atoms with Crippen LogP contribution in [0.2, 0.25) is 0 Å². The first-order valence-corrected chi connectivity index (χ1v) is 7.16. The smallest absolute Gasteiger partial charge is 0.157 e. The van der Waals surface area contributed by atoms with Crippen molar-refractivity contribution in [1.29, 1.82) is 0 Å². The van der Waals surface area contributed by atoms with E-state index in [2.05, 4.69) is 5.32 Å². The summed E-state index contributed by atoms with van der Waals surface area (Å²) < 4.78 is 5.46. The van der Waals surface area contributed by atoms with Crippen LogP contribution in [0.4, 0.5) is 5.69 Å². The summed E-state index contributed by atoms with van der Waals surface area (Å²) in [7, 11) is 0. The van der Waals surface area contributed by atoms with Crippen molar-refractivity contribution < 1.29 is 25.2 Å². The van der Waals surface area contributed by atoms with E-state index in [9.17, 15) is 20.4 Å². The maximum absolute atomic E-state index is 10.1. The third kappa shape index (κ3) is 2.67. The standard InChI is InChI=1S/C16H19NO5/c18-8-12-13(19)14(20)15(21)16(22-12)17-11-7-3-5-9-4-1-2-6-10(9)11/h1-7,12-21H,8H2/t12-,13+,14+,15-,16-/m0/s1. The van der Waals surface area contributed by atoms with Crippen LogP contribution in [0.3, 0.4) is 0 Å². The summed E-state index contributed by atoms with van der Waals surface area (Å²) in [6.07, 6.45) is -5.91. The van der Waals surface area contributed by atoms with Gasteiger partial charge in [0.25, 0.3) is 0 Å². The van der Waals surface area contributed by atoms with Crippen molar-refractivity contribution in [3.63, 3.8) is 0 Å². The molecule has 118 valence electrons. The molecule has 0 unspecified atom stereocenters. The highest BCUT2D eigenvalue weighted by Crippen LogP contribution is 2.27. The molecule has 1 aliphatic rings. The van der Waals surface area contributed by atoms with Gasteiger partial charge in [-0.2, -0.15) is 0 Å². The largest absolute Gasteiger partial charge is 0.394 e. The lowest BCUT2D eigenvalue weighted by Crippen LogP contribution is -2.60. The lowest BCUT2D eigenvalue weighted by Gasteiger charge is -2.40. The average molecular weight is 305 g/mol. The summed E-state index contributed by atoms with van der Waals surface area (Å²) in [6, 6.07) is 13.4. The van der Waals surface area contributed by atoms with Crippen molar-refractivity contribution in [3.8, 4) is 0 Å². The number of fused-ring (bicyclic) bond motifs is 1. The van der Waals surface area contributed by atoms with Gasteiger partial charge in [0.15, 0.2) is 6.23 Å². The van der Waals surface area contributed by atoms with Crippen LogP contribution in [0.5, 0.6) is 0 Å². The quantitative estimate of drug-likeness (QED) is 0.549. The summed E-state index contributed by atoms with van der Waals surface area (Å²) in [5.74, 6) is 0. The summed E-state index contributed by atoms with van der Waals surface area (Å²) >= 11 is 0. The number of rotatable bonds is 3. The molecule has 3 rings (SSSR count). The van der Waals surface area contributed by atoms with E-state index in [4.69, 9.17) is 4.74 Å². The van der Waals surface area contributed by atoms with Crippen LogP contribution in [0.1, 0.15) is 0 Å². The van der Waals surface area contributed by atoms with Gasteiger partial charge in [-0.15, -0.1) is 0 Å². The Labute approximate surface area is 127 Å². The monoisotopic (exact) mass is 305 g/mol. The lowest BCUT2D eigenvalue weighted by atomic mass is 9.98. The van der Waals surface area contributed by atoms with Gasteiger partial charge in [-0.3, -0.25) is 0 Å². The molecule has 1 fully saturated rings. The zero-order chi connectivity index (χ0) is 15.7. The van der Waals surface area contributed by atoms with Crippen LogP contribution in [0.15, 0.2) is 42.5 Å². The molecule has 1 heterocycles. The predicted molar refractivity (Wildman–Crippen MR) is 81.3 cm³/mol. The fourth-order valence-electron chi connectivity index (χ4n) is 2.73. The van der Waals surface area contributed by atoms with Crippen LogP contribution >= 0.6 is 0 Å². The minimum Gasteiger partial charge on any atom is -0.394 e. The number of aliphatic hydroxyl groups is 4. The Morgan fingerprint density at radius 3 is 2.41 bits per heavy atom. The van der Waals surface area contributed by atoms with Crippen LogP contribution < -0.4 is 5.32 Å². The maximum Gasteiger partial charge on any atom is 0.157 e. The molecule has 0 aromatic heterocycles. The first kappa shape index (κ1) is 15.2. The van der Waals surface area contributed by atoms with E-state index in [-0.39, 0.29) is 0 Å². The first-order chi connectivity index (χ1) is 10.6. The normalized spacial score (nSPS) is 32.1. The summed E-state index contributed by atoms with van der Waals surface area (Å²) in [5, 5.41) is 43.9. The zero-order valence-electron chi connectivity index (χ0n) is 11.8. The van der Waals surface area contributed by atoms with E-state index in [1.54, 1.807) is 0 Å². The number of hydrogen-bond donors (Lipinski definition) is 5. The van der Waals surface area contributed by atoms with Crippen LogP contribution in [-0.2, 0) is 4.74 Å². The number of benzene rings is 2. The molecule has 0 bridgehead atoms. The van der Waals surface area contributed by atoms with Gasteiger partial charge in [-0.1, -0.05) is 36.4 Å². The Kier molecular flexibility index (Phi) is 4.28. The average Bonchev–Trinajstić information content (AvgIpc) is 2.55. The van der Waals surface area contributed by atoms with Crippen LogP contribution in [0, 0.1) is 0 Å². The SMILES string of the molecule is OC[C@@H]1O[C@H](Nc2cccc3ccccc23)[C@@H](O)[C@H](O)[C@@H]1O. The molecule has 1 aliphatic heterocycles. The Morgan fingerprint density at radius 1 is 0.909 bits per heavy atom. The first-order valence-electron chi connectivity index (χ1n) is 7.16. The van der Waals surface area contributed by atoms with Crippen LogP contribution in [-0.4, -0.2) is 57.7 Å². The molecular formula is C16H19NO5. The Balaban J connectivity index is 1.87. The molecule has 0 aliphatic carbocycles. The second kappa shape index (κ2) is 6.20. The molecular weight excluding hydrogens is 286 g/mol. The third-order valence-electron chi connectivity index (χ3n) is 3.98. The second-order valence-electron chi connectivity index (χ2n) is 5.42. The minimum atomic E-state index is -1.39. The molecule has 0 radical (unpaired) electrons. The van der Waals surface area contributed by atoms with Gasteiger partial charge in [0.1, 0.15) is 24.4 Å². The Morgan fingerprint density at radius 2 is 1.64 bits per heavy atom. The summed E-state index contributed by atoms with van der Waals surface area (Å²) in [6.45, 7) is -0.446. The number of hydrogen-bond acceptors (Lipinski definition) is 6. The molecule has 6 heteroatoms. The zero-order valence-corrected chi connectivity index (χ0v) is 11.8. The summed E-state index contributed by atoms with van der Waals surface area (Å²) in [4.78, 5) is 0. The van der Waals surface area contributed by atoms with Gasteiger partial charge >= 0.3 is 0 Å². The molecule has 5 atom stereocenters. The topological polar surface area (TPSA) is 102 Å². The van der Waals surface area contributed by atoms with Gasteiger partial charge in [0.2, 0.25) is 0 Å². The molecule has 5 N–H and O–H groups in total. The highest BCUT2D eigenvalue weighted by atomic mass is 16.6. The van der Waals surface area contributed by atoms with Crippen molar-refractivity contribution in [2.24, 2.45) is 0 Å². The molecule has 0 amide bonds. The number of anilines is 1. The fourth-order valence-corrected chi connectivity index (χ4v) is 2.73. The van der Waals surface area contributed by atoms with Gasteiger partial charge in [0, 0.05) is 11.1 Å². The predicted octanol–water partition coefficient (Wildman–Crippen LogP) is 0.0516. The maximum atomic E-state index is 10.1. The van der Waals surface area contributed by atoms with E-state index in [1.807, 2.05) is 42.5 Å². The number of aliphatic hydroxyl groups excluding tert-OH is 4. The highest BCUT2D eigenvalue weighted by molar-refractivity contribution is 5.93. The van der Waals surface area contributed by atoms with Crippen molar-refractivity contribution in [2.75, 3.05) is 11.9 Å². The molecule has 0 saturated carbocycles. The van der Waals surface area contributed by atoms with Gasteiger partial charge in [-0.05, 0) is 11.5 Å². The van der Waals surface area contributed by atoms with Gasteiger partial charge in [0.05, 0.1) is 6.61 Å². The molecule has 0 spiro atoms. The molecule has 1 saturated heterocycles. The Bertz CT molecular complexity index is 642.